The van der Waals surface area contributed by atoms with E-state index in [1.807, 2.05) is 13.8 Å². The summed E-state index contributed by atoms with van der Waals surface area (Å²) in [6, 6.07) is 0. The lowest BCUT2D eigenvalue weighted by Crippen LogP contribution is -2.33. The van der Waals surface area contributed by atoms with Crippen LogP contribution in [0.2, 0.25) is 0 Å². The average molecular weight is 267 g/mol. The van der Waals surface area contributed by atoms with Crippen molar-refractivity contribution in [1.29, 1.82) is 0 Å². The van der Waals surface area contributed by atoms with E-state index in [9.17, 15) is 9.59 Å². The quantitative estimate of drug-likeness (QED) is 0.893. The number of nitrogens with zero attached hydrogens (tertiary/aromatic N) is 2. The summed E-state index contributed by atoms with van der Waals surface area (Å²) in [5.74, 6) is -0.190. The van der Waals surface area contributed by atoms with Crippen LogP contribution < -0.4 is 5.73 Å². The normalized spacial score (nSPS) is 10.4. The van der Waals surface area contributed by atoms with E-state index in [1.54, 1.807) is 25.9 Å². The van der Waals surface area contributed by atoms with Gasteiger partial charge in [0.05, 0.1) is 5.56 Å². The number of anilines is 1. The Balaban J connectivity index is 3.35. The van der Waals surface area contributed by atoms with Crippen LogP contribution in [0, 0.1) is 6.92 Å². The first kappa shape index (κ1) is 15.1. The fourth-order valence-electron chi connectivity index (χ4n) is 1.93. The van der Waals surface area contributed by atoms with Crippen LogP contribution in [0.3, 0.4) is 0 Å². The number of furan rings is 1. The minimum absolute atomic E-state index is 0.000370. The highest BCUT2D eigenvalue weighted by atomic mass is 16.4. The van der Waals surface area contributed by atoms with Gasteiger partial charge in [-0.2, -0.15) is 0 Å². The molecule has 2 amide bonds. The number of nitrogens with two attached hydrogens (primary N) is 1. The molecule has 1 rings (SSSR count). The molecular formula is C13H21N3O3. The van der Waals surface area contributed by atoms with Crippen LogP contribution in [0.1, 0.15) is 40.3 Å². The van der Waals surface area contributed by atoms with E-state index >= 15 is 0 Å². The second-order valence-electron chi connectivity index (χ2n) is 4.45. The van der Waals surface area contributed by atoms with Crippen molar-refractivity contribution in [1.82, 2.24) is 9.80 Å². The van der Waals surface area contributed by atoms with E-state index in [0.717, 1.165) is 0 Å². The van der Waals surface area contributed by atoms with Gasteiger partial charge in [0.15, 0.2) is 0 Å². The standard InChI is InChI=1S/C13H21N3O3/c1-6-16(7-2)13(18)10-9(12(17)15(4)5)8(3)19-11(10)14/h6-7,14H2,1-5H3. The molecule has 0 unspecified atom stereocenters. The van der Waals surface area contributed by atoms with Crippen molar-refractivity contribution in [3.8, 4) is 0 Å². The molecule has 0 saturated carbocycles. The van der Waals surface area contributed by atoms with Crippen LogP contribution in [0.5, 0.6) is 0 Å². The Morgan fingerprint density at radius 1 is 1.11 bits per heavy atom. The van der Waals surface area contributed by atoms with E-state index in [4.69, 9.17) is 10.2 Å². The lowest BCUT2D eigenvalue weighted by molar-refractivity contribution is 0.0755. The molecule has 0 radical (unpaired) electrons. The van der Waals surface area contributed by atoms with E-state index in [-0.39, 0.29) is 28.8 Å². The Kier molecular flexibility index (Phi) is 4.58. The second kappa shape index (κ2) is 5.77. The molecule has 0 aliphatic rings. The van der Waals surface area contributed by atoms with Crippen molar-refractivity contribution in [3.63, 3.8) is 0 Å². The number of carbonyl (C=O) groups excluding carboxylic acids is 2. The minimum Gasteiger partial charge on any atom is -0.445 e. The van der Waals surface area contributed by atoms with Crippen molar-refractivity contribution >= 4 is 17.7 Å². The molecule has 0 atom stereocenters. The summed E-state index contributed by atoms with van der Waals surface area (Å²) in [4.78, 5) is 27.6. The molecule has 1 heterocycles. The molecule has 0 spiro atoms. The van der Waals surface area contributed by atoms with E-state index in [1.165, 1.54) is 4.90 Å². The van der Waals surface area contributed by atoms with E-state index in [0.29, 0.717) is 18.8 Å². The Bertz CT molecular complexity index is 488. The minimum atomic E-state index is -0.284. The van der Waals surface area contributed by atoms with E-state index in [2.05, 4.69) is 0 Å². The molecule has 0 aliphatic carbocycles. The Labute approximate surface area is 113 Å². The van der Waals surface area contributed by atoms with Crippen molar-refractivity contribution in [2.45, 2.75) is 20.8 Å². The van der Waals surface area contributed by atoms with Crippen molar-refractivity contribution in [2.24, 2.45) is 0 Å². The SMILES string of the molecule is CCN(CC)C(=O)c1c(N)oc(C)c1C(=O)N(C)C. The van der Waals surface area contributed by atoms with Gasteiger partial charge in [0.25, 0.3) is 11.8 Å². The van der Waals surface area contributed by atoms with Gasteiger partial charge in [0.1, 0.15) is 11.3 Å². The maximum absolute atomic E-state index is 12.4. The van der Waals surface area contributed by atoms with Crippen LogP contribution >= 0.6 is 0 Å². The zero-order valence-corrected chi connectivity index (χ0v) is 12.1. The summed E-state index contributed by atoms with van der Waals surface area (Å²) in [7, 11) is 3.24. The smallest absolute Gasteiger partial charge is 0.260 e. The fourth-order valence-corrected chi connectivity index (χ4v) is 1.93. The lowest BCUT2D eigenvalue weighted by Gasteiger charge is -2.19. The van der Waals surface area contributed by atoms with Crippen molar-refractivity contribution in [2.75, 3.05) is 32.9 Å². The predicted octanol–water partition coefficient (Wildman–Crippen LogP) is 1.35. The van der Waals surface area contributed by atoms with Gasteiger partial charge in [-0.05, 0) is 20.8 Å². The molecule has 0 aromatic carbocycles. The second-order valence-corrected chi connectivity index (χ2v) is 4.45. The zero-order chi connectivity index (χ0) is 14.7. The maximum Gasteiger partial charge on any atom is 0.260 e. The van der Waals surface area contributed by atoms with Gasteiger partial charge in [0.2, 0.25) is 5.88 Å². The maximum atomic E-state index is 12.4. The monoisotopic (exact) mass is 267 g/mol. The largest absolute Gasteiger partial charge is 0.445 e. The lowest BCUT2D eigenvalue weighted by atomic mass is 10.1. The van der Waals surface area contributed by atoms with Gasteiger partial charge in [0, 0.05) is 27.2 Å². The summed E-state index contributed by atoms with van der Waals surface area (Å²) in [6.45, 7) is 6.48. The van der Waals surface area contributed by atoms with Gasteiger partial charge >= 0.3 is 0 Å². The van der Waals surface area contributed by atoms with Crippen molar-refractivity contribution < 1.29 is 14.0 Å². The summed E-state index contributed by atoms with van der Waals surface area (Å²) < 4.78 is 5.26. The number of carbonyl (C=O) groups is 2. The average Bonchev–Trinajstić information content (AvgIpc) is 2.64. The zero-order valence-electron chi connectivity index (χ0n) is 12.1. The van der Waals surface area contributed by atoms with Gasteiger partial charge in [-0.25, -0.2) is 0 Å². The third-order valence-electron chi connectivity index (χ3n) is 3.00. The van der Waals surface area contributed by atoms with Crippen LogP contribution in [0.4, 0.5) is 5.88 Å². The first-order chi connectivity index (χ1) is 8.84. The molecule has 0 aliphatic heterocycles. The van der Waals surface area contributed by atoms with Gasteiger partial charge < -0.3 is 20.0 Å². The Morgan fingerprint density at radius 2 is 1.63 bits per heavy atom. The number of hydrogen-bond donors (Lipinski definition) is 1. The highest BCUT2D eigenvalue weighted by Crippen LogP contribution is 2.27. The molecule has 0 fully saturated rings. The molecular weight excluding hydrogens is 246 g/mol. The third kappa shape index (κ3) is 2.72. The Hall–Kier alpha value is -1.98. The number of hydrogen-bond acceptors (Lipinski definition) is 4. The van der Waals surface area contributed by atoms with Gasteiger partial charge in [-0.15, -0.1) is 0 Å². The first-order valence-electron chi connectivity index (χ1n) is 6.24. The topological polar surface area (TPSA) is 79.8 Å². The first-order valence-corrected chi connectivity index (χ1v) is 6.24. The molecule has 0 bridgehead atoms. The van der Waals surface area contributed by atoms with Gasteiger partial charge in [-0.3, -0.25) is 9.59 Å². The van der Waals surface area contributed by atoms with Crippen LogP contribution in [-0.4, -0.2) is 48.8 Å². The molecule has 0 saturated heterocycles. The molecule has 1 aromatic rings. The number of rotatable bonds is 4. The molecule has 6 heteroatoms. The van der Waals surface area contributed by atoms with E-state index < -0.39 is 0 Å². The molecule has 106 valence electrons. The highest BCUT2D eigenvalue weighted by Gasteiger charge is 2.30. The molecule has 2 N–H and O–H groups in total. The molecule has 1 aromatic heterocycles. The molecule has 6 nitrogen and oxygen atoms in total. The van der Waals surface area contributed by atoms with Crippen molar-refractivity contribution in [3.05, 3.63) is 16.9 Å². The molecule has 19 heavy (non-hydrogen) atoms. The van der Waals surface area contributed by atoms with Crippen LogP contribution in [0.15, 0.2) is 4.42 Å². The Morgan fingerprint density at radius 3 is 2.05 bits per heavy atom. The summed E-state index contributed by atoms with van der Waals surface area (Å²) in [6.07, 6.45) is 0. The van der Waals surface area contributed by atoms with Gasteiger partial charge in [-0.1, -0.05) is 0 Å². The number of amides is 2. The van der Waals surface area contributed by atoms with Crippen LogP contribution in [-0.2, 0) is 0 Å². The predicted molar refractivity (Wildman–Crippen MR) is 73.1 cm³/mol. The number of aryl methyl sites for hydroxylation is 1. The number of nitrogen functional groups attached to an aromatic ring is 1. The van der Waals surface area contributed by atoms with Crippen LogP contribution in [0.25, 0.3) is 0 Å². The summed E-state index contributed by atoms with van der Waals surface area (Å²) in [5.41, 5.74) is 6.16. The summed E-state index contributed by atoms with van der Waals surface area (Å²) in [5, 5.41) is 0. The third-order valence-corrected chi connectivity index (χ3v) is 3.00. The summed E-state index contributed by atoms with van der Waals surface area (Å²) >= 11 is 0. The highest BCUT2D eigenvalue weighted by molar-refractivity contribution is 6.10. The fraction of sp³-hybridized carbons (Fsp3) is 0.538.